The minimum Gasteiger partial charge on any atom is -0.127 e. The molecule has 0 nitrogen and oxygen atoms in total. The Morgan fingerprint density at radius 3 is 2.93 bits per heavy atom. The summed E-state index contributed by atoms with van der Waals surface area (Å²) in [5.74, 6) is 6.77. The van der Waals surface area contributed by atoms with Gasteiger partial charge in [-0.25, -0.2) is 0 Å². The van der Waals surface area contributed by atoms with Gasteiger partial charge in [0.25, 0.3) is 0 Å². The first-order valence-corrected chi connectivity index (χ1v) is 5.78. The maximum atomic E-state index is 5.55. The highest BCUT2D eigenvalue weighted by Crippen LogP contribution is 2.24. The zero-order valence-electron chi connectivity index (χ0n) is 7.59. The lowest BCUT2D eigenvalue weighted by Crippen LogP contribution is -1.66. The molecule has 0 radical (unpaired) electrons. The molecule has 1 aromatic carbocycles. The van der Waals surface area contributed by atoms with Gasteiger partial charge in [-0.2, -0.15) is 0 Å². The molecule has 0 unspecified atom stereocenters. The minimum absolute atomic E-state index is 0.609. The van der Waals surface area contributed by atoms with E-state index in [1.165, 1.54) is 10.1 Å². The average Bonchev–Trinajstić information content (AvgIpc) is 2.60. The van der Waals surface area contributed by atoms with E-state index in [0.717, 1.165) is 11.3 Å². The van der Waals surface area contributed by atoms with Gasteiger partial charge in [-0.05, 0) is 17.5 Å². The number of hydrogen-bond acceptors (Lipinski definition) is 1. The van der Waals surface area contributed by atoms with E-state index < -0.39 is 0 Å². The SMILES string of the molecule is ClCCC#Cc1cc2ccccc2s1. The number of thiophene rings is 1. The molecule has 1 aromatic heterocycles. The maximum absolute atomic E-state index is 5.55. The second-order valence-corrected chi connectivity index (χ2v) is 4.35. The summed E-state index contributed by atoms with van der Waals surface area (Å²) in [5.41, 5.74) is 0. The summed E-state index contributed by atoms with van der Waals surface area (Å²) in [5, 5.41) is 1.27. The van der Waals surface area contributed by atoms with Gasteiger partial charge in [-0.15, -0.1) is 22.9 Å². The van der Waals surface area contributed by atoms with Gasteiger partial charge in [0, 0.05) is 17.0 Å². The highest BCUT2D eigenvalue weighted by atomic mass is 35.5. The number of halogens is 1. The largest absolute Gasteiger partial charge is 0.127 e. The van der Waals surface area contributed by atoms with Crippen molar-refractivity contribution in [1.82, 2.24) is 0 Å². The molecule has 2 heteroatoms. The van der Waals surface area contributed by atoms with Gasteiger partial charge < -0.3 is 0 Å². The highest BCUT2D eigenvalue weighted by Gasteiger charge is 1.96. The van der Waals surface area contributed by atoms with Gasteiger partial charge in [0.15, 0.2) is 0 Å². The first-order valence-electron chi connectivity index (χ1n) is 4.43. The lowest BCUT2D eigenvalue weighted by Gasteiger charge is -1.82. The Bertz CT molecular complexity index is 454. The molecule has 0 aliphatic carbocycles. The van der Waals surface area contributed by atoms with Crippen LogP contribution < -0.4 is 0 Å². The zero-order chi connectivity index (χ0) is 9.80. The molecule has 0 aliphatic rings. The van der Waals surface area contributed by atoms with Crippen molar-refractivity contribution < 1.29 is 0 Å². The van der Waals surface area contributed by atoms with Crippen LogP contribution in [0.25, 0.3) is 10.1 Å². The fourth-order valence-electron chi connectivity index (χ4n) is 1.24. The van der Waals surface area contributed by atoms with Gasteiger partial charge in [0.1, 0.15) is 0 Å². The topological polar surface area (TPSA) is 0 Å². The van der Waals surface area contributed by atoms with Gasteiger partial charge >= 0.3 is 0 Å². The van der Waals surface area contributed by atoms with E-state index in [9.17, 15) is 0 Å². The van der Waals surface area contributed by atoms with Crippen LogP contribution in [0.1, 0.15) is 11.3 Å². The first kappa shape index (κ1) is 9.58. The van der Waals surface area contributed by atoms with Gasteiger partial charge in [-0.1, -0.05) is 30.0 Å². The standard InChI is InChI=1S/C12H9ClS/c13-8-4-3-6-11-9-10-5-1-2-7-12(10)14-11/h1-2,5,7,9H,4,8H2. The summed E-state index contributed by atoms with van der Waals surface area (Å²) < 4.78 is 1.29. The summed E-state index contributed by atoms with van der Waals surface area (Å²) in [4.78, 5) is 1.12. The van der Waals surface area contributed by atoms with Crippen LogP contribution in [-0.2, 0) is 0 Å². The number of rotatable bonds is 1. The van der Waals surface area contributed by atoms with Crippen LogP contribution in [0.2, 0.25) is 0 Å². The molecule has 0 spiro atoms. The van der Waals surface area contributed by atoms with Crippen LogP contribution in [0.15, 0.2) is 30.3 Å². The quantitative estimate of drug-likeness (QED) is 0.506. The van der Waals surface area contributed by atoms with E-state index in [1.54, 1.807) is 11.3 Å². The van der Waals surface area contributed by atoms with Crippen LogP contribution in [0, 0.1) is 11.8 Å². The molecule has 0 saturated heterocycles. The van der Waals surface area contributed by atoms with E-state index in [4.69, 9.17) is 11.6 Å². The predicted molar refractivity (Wildman–Crippen MR) is 64.0 cm³/mol. The Labute approximate surface area is 92.5 Å². The predicted octanol–water partition coefficient (Wildman–Crippen LogP) is 3.88. The number of alkyl halides is 1. The maximum Gasteiger partial charge on any atom is 0.0781 e. The van der Waals surface area contributed by atoms with Crippen LogP contribution in [0.5, 0.6) is 0 Å². The molecule has 0 saturated carbocycles. The third kappa shape index (κ3) is 2.09. The van der Waals surface area contributed by atoms with Gasteiger partial charge in [0.2, 0.25) is 0 Å². The monoisotopic (exact) mass is 220 g/mol. The van der Waals surface area contributed by atoms with Crippen molar-refractivity contribution in [3.63, 3.8) is 0 Å². The Kier molecular flexibility index (Phi) is 3.08. The molecule has 0 atom stereocenters. The number of hydrogen-bond donors (Lipinski definition) is 0. The Morgan fingerprint density at radius 1 is 1.29 bits per heavy atom. The van der Waals surface area contributed by atoms with E-state index in [-0.39, 0.29) is 0 Å². The average molecular weight is 221 g/mol. The van der Waals surface area contributed by atoms with Crippen LogP contribution in [0.4, 0.5) is 0 Å². The third-order valence-electron chi connectivity index (χ3n) is 1.86. The van der Waals surface area contributed by atoms with Crippen molar-refractivity contribution in [2.75, 3.05) is 5.88 Å². The van der Waals surface area contributed by atoms with Crippen LogP contribution in [-0.4, -0.2) is 5.88 Å². The summed E-state index contributed by atoms with van der Waals surface area (Å²) in [6, 6.07) is 10.5. The molecule has 2 aromatic rings. The van der Waals surface area contributed by atoms with Gasteiger partial charge in [-0.3, -0.25) is 0 Å². The summed E-state index contributed by atoms with van der Waals surface area (Å²) in [7, 11) is 0. The van der Waals surface area contributed by atoms with Crippen molar-refractivity contribution in [2.24, 2.45) is 0 Å². The number of fused-ring (bicyclic) bond motifs is 1. The molecule has 0 amide bonds. The van der Waals surface area contributed by atoms with E-state index >= 15 is 0 Å². The molecule has 0 N–H and O–H groups in total. The van der Waals surface area contributed by atoms with Crippen LogP contribution in [0.3, 0.4) is 0 Å². The second-order valence-electron chi connectivity index (χ2n) is 2.89. The third-order valence-corrected chi connectivity index (χ3v) is 3.08. The Balaban J connectivity index is 2.33. The lowest BCUT2D eigenvalue weighted by atomic mass is 10.2. The molecule has 14 heavy (non-hydrogen) atoms. The van der Waals surface area contributed by atoms with Crippen molar-refractivity contribution >= 4 is 33.0 Å². The van der Waals surface area contributed by atoms with E-state index in [1.807, 2.05) is 6.07 Å². The molecule has 0 bridgehead atoms. The highest BCUT2D eigenvalue weighted by molar-refractivity contribution is 7.19. The summed E-state index contributed by atoms with van der Waals surface area (Å²) in [6.07, 6.45) is 0.760. The Hall–Kier alpha value is -0.970. The smallest absolute Gasteiger partial charge is 0.0781 e. The molecular formula is C12H9ClS. The van der Waals surface area contributed by atoms with E-state index in [0.29, 0.717) is 5.88 Å². The molecule has 0 fully saturated rings. The Morgan fingerprint density at radius 2 is 2.14 bits per heavy atom. The zero-order valence-corrected chi connectivity index (χ0v) is 9.16. The lowest BCUT2D eigenvalue weighted by molar-refractivity contribution is 1.29. The second kappa shape index (κ2) is 4.50. The van der Waals surface area contributed by atoms with Crippen LogP contribution >= 0.6 is 22.9 Å². The normalized spacial score (nSPS) is 9.79. The summed E-state index contributed by atoms with van der Waals surface area (Å²) in [6.45, 7) is 0. The first-order chi connectivity index (χ1) is 6.90. The fourth-order valence-corrected chi connectivity index (χ4v) is 2.27. The van der Waals surface area contributed by atoms with Crippen molar-refractivity contribution in [3.05, 3.63) is 35.2 Å². The minimum atomic E-state index is 0.609. The number of benzene rings is 1. The van der Waals surface area contributed by atoms with Gasteiger partial charge in [0.05, 0.1) is 4.88 Å². The molecule has 2 rings (SSSR count). The van der Waals surface area contributed by atoms with Crippen molar-refractivity contribution in [2.45, 2.75) is 6.42 Å². The molecule has 0 aliphatic heterocycles. The van der Waals surface area contributed by atoms with Crippen molar-refractivity contribution in [1.29, 1.82) is 0 Å². The van der Waals surface area contributed by atoms with E-state index in [2.05, 4.69) is 36.1 Å². The molecule has 70 valence electrons. The summed E-state index contributed by atoms with van der Waals surface area (Å²) >= 11 is 7.28. The molecule has 1 heterocycles. The van der Waals surface area contributed by atoms with Crippen molar-refractivity contribution in [3.8, 4) is 11.8 Å². The molecular weight excluding hydrogens is 212 g/mol. The fraction of sp³-hybridized carbons (Fsp3) is 0.167.